The van der Waals surface area contributed by atoms with Crippen LogP contribution in [0.2, 0.25) is 0 Å². The summed E-state index contributed by atoms with van der Waals surface area (Å²) >= 11 is 0. The van der Waals surface area contributed by atoms with Gasteiger partial charge in [-0.3, -0.25) is 9.47 Å². The summed E-state index contributed by atoms with van der Waals surface area (Å²) in [5.41, 5.74) is 1.77. The summed E-state index contributed by atoms with van der Waals surface area (Å²) in [5.74, 6) is 1.36. The lowest BCUT2D eigenvalue weighted by Crippen LogP contribution is -2.62. The molecule has 3 aliphatic heterocycles. The fraction of sp³-hybridized carbons (Fsp3) is 0.450. The van der Waals surface area contributed by atoms with Gasteiger partial charge in [0.1, 0.15) is 5.75 Å². The molecule has 3 fully saturated rings. The molecule has 5 rings (SSSR count). The van der Waals surface area contributed by atoms with Crippen LogP contribution in [0.1, 0.15) is 19.8 Å². The number of benzene rings is 1. The lowest BCUT2D eigenvalue weighted by Gasteiger charge is -2.49. The van der Waals surface area contributed by atoms with E-state index in [1.807, 2.05) is 42.6 Å². The van der Waals surface area contributed by atoms with Crippen LogP contribution in [0.3, 0.4) is 0 Å². The summed E-state index contributed by atoms with van der Waals surface area (Å²) in [6, 6.07) is 12.2. The zero-order valence-corrected chi connectivity index (χ0v) is 14.8. The first-order valence-electron chi connectivity index (χ1n) is 9.04. The van der Waals surface area contributed by atoms with Gasteiger partial charge in [0.25, 0.3) is 0 Å². The summed E-state index contributed by atoms with van der Waals surface area (Å²) in [6.07, 6.45) is 4.18. The molecule has 0 spiro atoms. The molecular formula is C20H25N3O2. The van der Waals surface area contributed by atoms with Gasteiger partial charge in [-0.15, -0.1) is 0 Å². The Hall–Kier alpha value is -2.27. The van der Waals surface area contributed by atoms with Crippen LogP contribution < -0.4 is 10.1 Å². The second kappa shape index (κ2) is 6.56. The van der Waals surface area contributed by atoms with E-state index in [1.54, 1.807) is 11.7 Å². The van der Waals surface area contributed by atoms with Crippen molar-refractivity contribution in [2.24, 2.45) is 5.92 Å². The van der Waals surface area contributed by atoms with Crippen molar-refractivity contribution >= 4 is 6.03 Å². The van der Waals surface area contributed by atoms with E-state index in [2.05, 4.69) is 17.1 Å². The highest BCUT2D eigenvalue weighted by molar-refractivity contribution is 5.84. The third-order valence-electron chi connectivity index (χ3n) is 5.82. The van der Waals surface area contributed by atoms with E-state index >= 15 is 0 Å². The molecule has 0 aliphatic carbocycles. The van der Waals surface area contributed by atoms with E-state index in [0.29, 0.717) is 12.0 Å². The van der Waals surface area contributed by atoms with Gasteiger partial charge in [-0.2, -0.15) is 0 Å². The smallest absolute Gasteiger partial charge is 0.326 e. The number of carbonyl (C=O) groups excluding carboxylic acids is 1. The van der Waals surface area contributed by atoms with Gasteiger partial charge in [-0.05, 0) is 63.0 Å². The highest BCUT2D eigenvalue weighted by Crippen LogP contribution is 2.33. The number of ether oxygens (including phenoxy) is 1. The highest BCUT2D eigenvalue weighted by Gasteiger charge is 2.40. The molecule has 3 aliphatic rings. The van der Waals surface area contributed by atoms with Gasteiger partial charge in [0.2, 0.25) is 0 Å². The molecule has 2 bridgehead atoms. The SMILES string of the molecule is COc1ccccc1-c1cccn1C(=O)N[C@@H]1C2CCN(CC2)[C@H]1C. The Balaban J connectivity index is 1.59. The number of hydrogen-bond acceptors (Lipinski definition) is 3. The molecule has 132 valence electrons. The predicted octanol–water partition coefficient (Wildman–Crippen LogP) is 3.20. The van der Waals surface area contributed by atoms with E-state index in [-0.39, 0.29) is 12.1 Å². The maximum absolute atomic E-state index is 13.0. The number of nitrogens with one attached hydrogen (secondary N) is 1. The van der Waals surface area contributed by atoms with E-state index in [0.717, 1.165) is 30.1 Å². The summed E-state index contributed by atoms with van der Waals surface area (Å²) in [5, 5.41) is 3.29. The Kier molecular flexibility index (Phi) is 4.25. The molecule has 0 saturated carbocycles. The van der Waals surface area contributed by atoms with Gasteiger partial charge in [-0.25, -0.2) is 4.79 Å². The molecule has 25 heavy (non-hydrogen) atoms. The normalized spacial score (nSPS) is 27.9. The Bertz CT molecular complexity index is 760. The van der Waals surface area contributed by atoms with Crippen molar-refractivity contribution in [2.75, 3.05) is 20.2 Å². The van der Waals surface area contributed by atoms with Crippen molar-refractivity contribution in [3.05, 3.63) is 42.6 Å². The molecule has 0 radical (unpaired) electrons. The van der Waals surface area contributed by atoms with E-state index in [1.165, 1.54) is 12.8 Å². The van der Waals surface area contributed by atoms with Crippen LogP contribution in [0.15, 0.2) is 42.6 Å². The first kappa shape index (κ1) is 16.2. The van der Waals surface area contributed by atoms with Crippen molar-refractivity contribution in [3.8, 4) is 17.0 Å². The van der Waals surface area contributed by atoms with Crippen LogP contribution in [-0.2, 0) is 0 Å². The van der Waals surface area contributed by atoms with Crippen molar-refractivity contribution in [2.45, 2.75) is 31.8 Å². The number of para-hydroxylation sites is 1. The molecule has 2 aromatic rings. The molecule has 0 unspecified atom stereocenters. The van der Waals surface area contributed by atoms with Crippen LogP contribution in [0.4, 0.5) is 4.79 Å². The second-order valence-corrected chi connectivity index (χ2v) is 7.05. The third-order valence-corrected chi connectivity index (χ3v) is 5.82. The van der Waals surface area contributed by atoms with Crippen molar-refractivity contribution in [3.63, 3.8) is 0 Å². The molecule has 5 nitrogen and oxygen atoms in total. The number of carbonyl (C=O) groups is 1. The second-order valence-electron chi connectivity index (χ2n) is 7.05. The van der Waals surface area contributed by atoms with Crippen molar-refractivity contribution in [1.29, 1.82) is 0 Å². The number of aromatic nitrogens is 1. The zero-order valence-electron chi connectivity index (χ0n) is 14.8. The average Bonchev–Trinajstić information content (AvgIpc) is 3.14. The van der Waals surface area contributed by atoms with Crippen molar-refractivity contribution < 1.29 is 9.53 Å². The number of methoxy groups -OCH3 is 1. The topological polar surface area (TPSA) is 46.5 Å². The Morgan fingerprint density at radius 3 is 2.64 bits per heavy atom. The van der Waals surface area contributed by atoms with Gasteiger partial charge < -0.3 is 10.1 Å². The molecule has 1 aromatic heterocycles. The number of nitrogens with zero attached hydrogens (tertiary/aromatic N) is 2. The number of hydrogen-bond donors (Lipinski definition) is 1. The van der Waals surface area contributed by atoms with Crippen LogP contribution in [0, 0.1) is 5.92 Å². The zero-order chi connectivity index (χ0) is 17.4. The largest absolute Gasteiger partial charge is 0.496 e. The predicted molar refractivity (Wildman–Crippen MR) is 97.9 cm³/mol. The fourth-order valence-corrected chi connectivity index (χ4v) is 4.39. The maximum Gasteiger partial charge on any atom is 0.326 e. The van der Waals surface area contributed by atoms with Crippen LogP contribution in [-0.4, -0.2) is 47.8 Å². The summed E-state index contributed by atoms with van der Waals surface area (Å²) in [7, 11) is 1.65. The number of rotatable bonds is 3. The van der Waals surface area contributed by atoms with Gasteiger partial charge in [-0.1, -0.05) is 12.1 Å². The molecule has 1 amide bonds. The van der Waals surface area contributed by atoms with Crippen molar-refractivity contribution in [1.82, 2.24) is 14.8 Å². The fourth-order valence-electron chi connectivity index (χ4n) is 4.39. The molecule has 5 heteroatoms. The lowest BCUT2D eigenvalue weighted by atomic mass is 9.79. The number of amides is 1. The lowest BCUT2D eigenvalue weighted by molar-refractivity contribution is 0.0267. The Labute approximate surface area is 148 Å². The summed E-state index contributed by atoms with van der Waals surface area (Å²) in [4.78, 5) is 15.5. The quantitative estimate of drug-likeness (QED) is 0.934. The van der Waals surface area contributed by atoms with E-state index in [4.69, 9.17) is 4.74 Å². The first-order chi connectivity index (χ1) is 12.2. The van der Waals surface area contributed by atoms with Crippen LogP contribution >= 0.6 is 0 Å². The Morgan fingerprint density at radius 1 is 1.16 bits per heavy atom. The summed E-state index contributed by atoms with van der Waals surface area (Å²) < 4.78 is 7.16. The molecule has 1 N–H and O–H groups in total. The molecule has 4 heterocycles. The number of piperidine rings is 3. The minimum absolute atomic E-state index is 0.0588. The number of fused-ring (bicyclic) bond motifs is 3. The third kappa shape index (κ3) is 2.82. The Morgan fingerprint density at radius 2 is 1.92 bits per heavy atom. The monoisotopic (exact) mass is 339 g/mol. The van der Waals surface area contributed by atoms with Gasteiger partial charge in [0, 0.05) is 23.8 Å². The van der Waals surface area contributed by atoms with Crippen LogP contribution in [0.25, 0.3) is 11.3 Å². The average molecular weight is 339 g/mol. The molecular weight excluding hydrogens is 314 g/mol. The molecule has 3 saturated heterocycles. The van der Waals surface area contributed by atoms with Gasteiger partial charge in [0.05, 0.1) is 12.8 Å². The minimum Gasteiger partial charge on any atom is -0.496 e. The minimum atomic E-state index is -0.0588. The van der Waals surface area contributed by atoms with Gasteiger partial charge >= 0.3 is 6.03 Å². The summed E-state index contributed by atoms with van der Waals surface area (Å²) in [6.45, 7) is 4.55. The van der Waals surface area contributed by atoms with Crippen LogP contribution in [0.5, 0.6) is 5.75 Å². The first-order valence-corrected chi connectivity index (χ1v) is 9.04. The van der Waals surface area contributed by atoms with E-state index in [9.17, 15) is 4.79 Å². The van der Waals surface area contributed by atoms with E-state index < -0.39 is 0 Å². The molecule has 2 atom stereocenters. The standard InChI is InChI=1S/C20H25N3O2/c1-14-19(15-9-12-22(14)13-10-15)21-20(24)23-11-5-7-17(23)16-6-3-4-8-18(16)25-2/h3-8,11,14-15,19H,9-10,12-13H2,1-2H3,(H,21,24)/t14-,19-/m0/s1. The highest BCUT2D eigenvalue weighted by atomic mass is 16.5. The van der Waals surface area contributed by atoms with Gasteiger partial charge in [0.15, 0.2) is 0 Å². The maximum atomic E-state index is 13.0. The molecule has 1 aromatic carbocycles.